The van der Waals surface area contributed by atoms with E-state index in [0.29, 0.717) is 46.8 Å². The smallest absolute Gasteiger partial charge is 0.213 e. The van der Waals surface area contributed by atoms with Crippen molar-refractivity contribution in [1.29, 1.82) is 0 Å². The van der Waals surface area contributed by atoms with Gasteiger partial charge in [-0.05, 0) is 31.2 Å². The highest BCUT2D eigenvalue weighted by molar-refractivity contribution is 7.70. The molecule has 0 aliphatic rings. The maximum absolute atomic E-state index is 11.7. The SMILES string of the molecule is CCOc1cccc(-c2nc3ncc(C(N[SH](=O)=O)c4ncccn4)nc3n2-c2c(OC)cccc2OC)n1. The minimum Gasteiger partial charge on any atom is -0.494 e. The van der Waals surface area contributed by atoms with Crippen LogP contribution in [0.15, 0.2) is 61.1 Å². The zero-order chi connectivity index (χ0) is 27.4. The second-order valence-corrected chi connectivity index (χ2v) is 8.72. The summed E-state index contributed by atoms with van der Waals surface area (Å²) in [5.74, 6) is 1.98. The quantitative estimate of drug-likeness (QED) is 0.247. The van der Waals surface area contributed by atoms with Crippen molar-refractivity contribution in [1.82, 2.24) is 39.2 Å². The third kappa shape index (κ3) is 5.19. The molecule has 0 aliphatic carbocycles. The number of methoxy groups -OCH3 is 2. The average molecular weight is 549 g/mol. The molecular weight excluding hydrogens is 524 g/mol. The van der Waals surface area contributed by atoms with Crippen LogP contribution < -0.4 is 18.9 Å². The first kappa shape index (κ1) is 25.9. The number of hydrogen-bond acceptors (Lipinski definition) is 11. The largest absolute Gasteiger partial charge is 0.494 e. The van der Waals surface area contributed by atoms with Crippen molar-refractivity contribution in [3.05, 3.63) is 72.6 Å². The lowest BCUT2D eigenvalue weighted by Crippen LogP contribution is -2.24. The van der Waals surface area contributed by atoms with Crippen molar-refractivity contribution in [3.8, 4) is 34.6 Å². The Kier molecular flexibility index (Phi) is 7.56. The zero-order valence-corrected chi connectivity index (χ0v) is 22.1. The predicted octanol–water partition coefficient (Wildman–Crippen LogP) is 2.29. The summed E-state index contributed by atoms with van der Waals surface area (Å²) >= 11 is 0. The fourth-order valence-electron chi connectivity index (χ4n) is 4.03. The third-order valence-electron chi connectivity index (χ3n) is 5.63. The van der Waals surface area contributed by atoms with Gasteiger partial charge in [-0.2, -0.15) is 0 Å². The van der Waals surface area contributed by atoms with E-state index in [1.54, 1.807) is 61.3 Å². The van der Waals surface area contributed by atoms with Crippen LogP contribution >= 0.6 is 0 Å². The van der Waals surface area contributed by atoms with Gasteiger partial charge in [0.25, 0.3) is 0 Å². The van der Waals surface area contributed by atoms with Crippen molar-refractivity contribution in [3.63, 3.8) is 0 Å². The summed E-state index contributed by atoms with van der Waals surface area (Å²) in [4.78, 5) is 27.1. The molecule has 13 nitrogen and oxygen atoms in total. The van der Waals surface area contributed by atoms with Crippen LogP contribution in [0.2, 0.25) is 0 Å². The number of aromatic nitrogens is 7. The number of ether oxygens (including phenoxy) is 3. The molecule has 0 saturated heterocycles. The van der Waals surface area contributed by atoms with Crippen LogP contribution in [0.3, 0.4) is 0 Å². The van der Waals surface area contributed by atoms with Gasteiger partial charge in [0.15, 0.2) is 22.9 Å². The minimum absolute atomic E-state index is 0.206. The Morgan fingerprint density at radius 2 is 1.64 bits per heavy atom. The molecule has 5 aromatic rings. The molecule has 1 aromatic carbocycles. The van der Waals surface area contributed by atoms with Gasteiger partial charge in [0.1, 0.15) is 28.9 Å². The van der Waals surface area contributed by atoms with Gasteiger partial charge in [-0.15, -0.1) is 0 Å². The van der Waals surface area contributed by atoms with Crippen LogP contribution in [0.4, 0.5) is 0 Å². The Labute approximate surface area is 225 Å². The van der Waals surface area contributed by atoms with Gasteiger partial charge >= 0.3 is 0 Å². The fraction of sp³-hybridized carbons (Fsp3) is 0.200. The van der Waals surface area contributed by atoms with E-state index >= 15 is 0 Å². The molecule has 1 N–H and O–H groups in total. The average Bonchev–Trinajstić information content (AvgIpc) is 3.34. The maximum Gasteiger partial charge on any atom is 0.213 e. The van der Waals surface area contributed by atoms with Gasteiger partial charge in [-0.3, -0.25) is 4.57 Å². The van der Waals surface area contributed by atoms with E-state index in [2.05, 4.69) is 24.7 Å². The molecule has 0 spiro atoms. The van der Waals surface area contributed by atoms with Crippen LogP contribution in [-0.2, 0) is 10.9 Å². The van der Waals surface area contributed by atoms with Crippen molar-refractivity contribution < 1.29 is 22.6 Å². The molecule has 0 fully saturated rings. The second-order valence-electron chi connectivity index (χ2n) is 7.94. The Morgan fingerprint density at radius 3 is 2.31 bits per heavy atom. The summed E-state index contributed by atoms with van der Waals surface area (Å²) in [5.41, 5.74) is 1.83. The van der Waals surface area contributed by atoms with E-state index in [9.17, 15) is 8.42 Å². The first-order valence-corrected chi connectivity index (χ1v) is 13.0. The van der Waals surface area contributed by atoms with Gasteiger partial charge in [0, 0.05) is 18.5 Å². The Hall–Kier alpha value is -4.69. The molecule has 1 atom stereocenters. The molecule has 4 heterocycles. The number of nitrogens with zero attached hydrogens (tertiary/aromatic N) is 7. The van der Waals surface area contributed by atoms with Crippen LogP contribution in [0, 0.1) is 0 Å². The predicted molar refractivity (Wildman–Crippen MR) is 141 cm³/mol. The number of pyridine rings is 1. The maximum atomic E-state index is 11.7. The number of nitrogens with one attached hydrogen (secondary N) is 1. The van der Waals surface area contributed by atoms with Gasteiger partial charge in [-0.25, -0.2) is 43.0 Å². The third-order valence-corrected chi connectivity index (χ3v) is 6.10. The summed E-state index contributed by atoms with van der Waals surface area (Å²) in [6.45, 7) is 2.31. The first-order valence-electron chi connectivity index (χ1n) is 11.8. The Bertz CT molecular complexity index is 1660. The number of rotatable bonds is 10. The summed E-state index contributed by atoms with van der Waals surface area (Å²) < 4.78 is 44.5. The Balaban J connectivity index is 1.81. The number of para-hydroxylation sites is 1. The summed E-state index contributed by atoms with van der Waals surface area (Å²) in [7, 11) is 0.0628. The number of hydrogen-bond donors (Lipinski definition) is 2. The van der Waals surface area contributed by atoms with Crippen molar-refractivity contribution in [2.45, 2.75) is 13.0 Å². The van der Waals surface area contributed by atoms with Crippen LogP contribution in [0.1, 0.15) is 24.5 Å². The van der Waals surface area contributed by atoms with E-state index in [1.807, 2.05) is 6.92 Å². The standard InChI is InChI=1S/C25H24N8O5S/c1-4-38-19-11-5-8-15(29-19)24-31-23-25(33(24)21-17(36-2)9-6-10-18(21)37-3)30-16(14-28-23)20(32-39(34)35)22-26-12-7-13-27-22/h5-14,20,39H,4H2,1-3H3,(H,32,34,35). The van der Waals surface area contributed by atoms with Gasteiger partial charge in [0.05, 0.1) is 32.7 Å². The van der Waals surface area contributed by atoms with E-state index in [4.69, 9.17) is 24.2 Å². The summed E-state index contributed by atoms with van der Waals surface area (Å²) in [5, 5.41) is 0. The molecule has 1 unspecified atom stereocenters. The van der Waals surface area contributed by atoms with Crippen LogP contribution in [0.5, 0.6) is 17.4 Å². The first-order chi connectivity index (χ1) is 19.0. The van der Waals surface area contributed by atoms with E-state index in [-0.39, 0.29) is 17.2 Å². The van der Waals surface area contributed by atoms with Crippen molar-refractivity contribution in [2.24, 2.45) is 0 Å². The highest BCUT2D eigenvalue weighted by atomic mass is 32.2. The van der Waals surface area contributed by atoms with Gasteiger partial charge < -0.3 is 14.2 Å². The molecule has 14 heteroatoms. The monoisotopic (exact) mass is 548 g/mol. The van der Waals surface area contributed by atoms with Crippen LogP contribution in [-0.4, -0.2) is 63.7 Å². The number of thiol groups is 1. The van der Waals surface area contributed by atoms with Crippen molar-refractivity contribution in [2.75, 3.05) is 20.8 Å². The normalized spacial score (nSPS) is 12.0. The molecule has 39 heavy (non-hydrogen) atoms. The highest BCUT2D eigenvalue weighted by Crippen LogP contribution is 2.38. The van der Waals surface area contributed by atoms with Crippen LogP contribution in [0.25, 0.3) is 28.5 Å². The zero-order valence-electron chi connectivity index (χ0n) is 21.2. The molecular formula is C25H24N8O5S. The number of imidazole rings is 1. The molecule has 200 valence electrons. The number of benzene rings is 1. The van der Waals surface area contributed by atoms with E-state index in [1.165, 1.54) is 18.6 Å². The highest BCUT2D eigenvalue weighted by Gasteiger charge is 2.26. The Morgan fingerprint density at radius 1 is 0.923 bits per heavy atom. The molecule has 5 rings (SSSR count). The molecule has 0 aliphatic heterocycles. The minimum atomic E-state index is -3.02. The molecule has 0 radical (unpaired) electrons. The second kappa shape index (κ2) is 11.4. The molecule has 4 aromatic heterocycles. The van der Waals surface area contributed by atoms with E-state index < -0.39 is 16.9 Å². The lowest BCUT2D eigenvalue weighted by molar-refractivity contribution is 0.327. The molecule has 0 bridgehead atoms. The fourth-order valence-corrected chi connectivity index (χ4v) is 4.49. The molecule has 0 saturated carbocycles. The van der Waals surface area contributed by atoms with Gasteiger partial charge in [-0.1, -0.05) is 12.1 Å². The molecule has 0 amide bonds. The lowest BCUT2D eigenvalue weighted by Gasteiger charge is -2.17. The van der Waals surface area contributed by atoms with E-state index in [0.717, 1.165) is 0 Å². The topological polar surface area (TPSA) is 156 Å². The summed E-state index contributed by atoms with van der Waals surface area (Å²) in [6, 6.07) is 11.3. The number of fused-ring (bicyclic) bond motifs is 1. The lowest BCUT2D eigenvalue weighted by atomic mass is 10.2. The van der Waals surface area contributed by atoms with Gasteiger partial charge in [0.2, 0.25) is 16.8 Å². The summed E-state index contributed by atoms with van der Waals surface area (Å²) in [6.07, 6.45) is 4.46. The van der Waals surface area contributed by atoms with Crippen molar-refractivity contribution >= 4 is 22.2 Å².